The Morgan fingerprint density at radius 2 is 2.33 bits per heavy atom. The van der Waals surface area contributed by atoms with Gasteiger partial charge in [0.15, 0.2) is 5.75 Å². The molecule has 0 spiro atoms. The fourth-order valence-electron chi connectivity index (χ4n) is 1.11. The van der Waals surface area contributed by atoms with Gasteiger partial charge in [0, 0.05) is 6.20 Å². The number of fused-ring (bicyclic) bond motifs is 1. The van der Waals surface area contributed by atoms with E-state index in [1.165, 1.54) is 0 Å². The zero-order chi connectivity index (χ0) is 8.60. The molecule has 0 atom stereocenters. The average molecular weight is 165 g/mol. The number of ether oxygens (including phenoxy) is 2. The van der Waals surface area contributed by atoms with Gasteiger partial charge >= 0.3 is 0 Å². The maximum Gasteiger partial charge on any atom is 0.257 e. The van der Waals surface area contributed by atoms with Gasteiger partial charge in [-0.15, -0.1) is 0 Å². The van der Waals surface area contributed by atoms with E-state index in [2.05, 4.69) is 4.98 Å². The summed E-state index contributed by atoms with van der Waals surface area (Å²) in [4.78, 5) is 4.07. The summed E-state index contributed by atoms with van der Waals surface area (Å²) in [5, 5.41) is 0. The summed E-state index contributed by atoms with van der Waals surface area (Å²) in [6.45, 7) is 4.53. The van der Waals surface area contributed by atoms with Crippen molar-refractivity contribution in [1.29, 1.82) is 0 Å². The molecular weight excluding hydrogens is 154 g/mol. The second-order valence-electron chi connectivity index (χ2n) is 3.46. The first-order chi connectivity index (χ1) is 5.67. The third kappa shape index (κ3) is 1.22. The molecule has 3 heteroatoms. The Morgan fingerprint density at radius 3 is 3.17 bits per heavy atom. The van der Waals surface area contributed by atoms with Gasteiger partial charge < -0.3 is 9.47 Å². The minimum Gasteiger partial charge on any atom is -0.484 e. The number of rotatable bonds is 0. The van der Waals surface area contributed by atoms with Crippen molar-refractivity contribution in [2.45, 2.75) is 19.4 Å². The van der Waals surface area contributed by atoms with E-state index in [0.29, 0.717) is 12.5 Å². The number of nitrogens with zero attached hydrogens (tertiary/aromatic N) is 1. The highest BCUT2D eigenvalue weighted by atomic mass is 16.6. The van der Waals surface area contributed by atoms with Crippen molar-refractivity contribution in [2.75, 3.05) is 6.61 Å². The van der Waals surface area contributed by atoms with Crippen LogP contribution in [0.4, 0.5) is 0 Å². The van der Waals surface area contributed by atoms with E-state index in [-0.39, 0.29) is 5.60 Å². The maximum absolute atomic E-state index is 5.58. The summed E-state index contributed by atoms with van der Waals surface area (Å²) in [5.41, 5.74) is -0.263. The minimum atomic E-state index is -0.263. The Labute approximate surface area is 71.3 Å². The molecule has 12 heavy (non-hydrogen) atoms. The molecule has 1 aromatic rings. The molecular formula is C9H11NO2. The van der Waals surface area contributed by atoms with Crippen molar-refractivity contribution in [3.05, 3.63) is 18.3 Å². The quantitative estimate of drug-likeness (QED) is 0.585. The molecule has 0 aromatic carbocycles. The van der Waals surface area contributed by atoms with Crippen LogP contribution in [0.3, 0.4) is 0 Å². The molecule has 0 amide bonds. The first-order valence-corrected chi connectivity index (χ1v) is 3.94. The lowest BCUT2D eigenvalue weighted by atomic mass is 10.1. The molecule has 0 aliphatic carbocycles. The van der Waals surface area contributed by atoms with Crippen molar-refractivity contribution in [3.8, 4) is 11.6 Å². The zero-order valence-corrected chi connectivity index (χ0v) is 7.20. The molecule has 3 nitrogen and oxygen atoms in total. The summed E-state index contributed by atoms with van der Waals surface area (Å²) in [6, 6.07) is 3.69. The van der Waals surface area contributed by atoms with E-state index in [1.807, 2.05) is 26.0 Å². The van der Waals surface area contributed by atoms with Crippen LogP contribution in [0.5, 0.6) is 11.6 Å². The first-order valence-electron chi connectivity index (χ1n) is 3.94. The molecule has 64 valence electrons. The minimum absolute atomic E-state index is 0.263. The Kier molecular flexibility index (Phi) is 1.46. The molecule has 0 saturated carbocycles. The van der Waals surface area contributed by atoms with Gasteiger partial charge in [-0.05, 0) is 26.0 Å². The summed E-state index contributed by atoms with van der Waals surface area (Å²) in [6.07, 6.45) is 1.70. The fourth-order valence-corrected chi connectivity index (χ4v) is 1.11. The molecule has 0 radical (unpaired) electrons. The van der Waals surface area contributed by atoms with Crippen LogP contribution in [0.15, 0.2) is 18.3 Å². The molecule has 0 saturated heterocycles. The lowest BCUT2D eigenvalue weighted by Gasteiger charge is -2.31. The normalized spacial score (nSPS) is 18.8. The molecule has 0 N–H and O–H groups in total. The van der Waals surface area contributed by atoms with Crippen LogP contribution < -0.4 is 9.47 Å². The van der Waals surface area contributed by atoms with Crippen molar-refractivity contribution < 1.29 is 9.47 Å². The standard InChI is InChI=1S/C9H11NO2/c1-9(2)6-11-7-4-3-5-10-8(7)12-9/h3-5H,6H2,1-2H3. The van der Waals surface area contributed by atoms with Gasteiger partial charge in [-0.2, -0.15) is 0 Å². The van der Waals surface area contributed by atoms with Crippen molar-refractivity contribution >= 4 is 0 Å². The predicted octanol–water partition coefficient (Wildman–Crippen LogP) is 1.63. The lowest BCUT2D eigenvalue weighted by Crippen LogP contribution is -2.39. The van der Waals surface area contributed by atoms with Crippen molar-refractivity contribution in [2.24, 2.45) is 0 Å². The molecule has 1 aliphatic heterocycles. The number of hydrogen-bond donors (Lipinski definition) is 0. The predicted molar refractivity (Wildman–Crippen MR) is 44.4 cm³/mol. The fraction of sp³-hybridized carbons (Fsp3) is 0.444. The Hall–Kier alpha value is -1.25. The van der Waals surface area contributed by atoms with Crippen molar-refractivity contribution in [3.63, 3.8) is 0 Å². The van der Waals surface area contributed by atoms with Crippen LogP contribution in [-0.4, -0.2) is 17.2 Å². The Morgan fingerprint density at radius 1 is 1.50 bits per heavy atom. The molecule has 2 rings (SSSR count). The summed E-state index contributed by atoms with van der Waals surface area (Å²) in [7, 11) is 0. The summed E-state index contributed by atoms with van der Waals surface area (Å²) in [5.74, 6) is 1.32. The van der Waals surface area contributed by atoms with Gasteiger partial charge in [0.25, 0.3) is 5.88 Å². The highest BCUT2D eigenvalue weighted by molar-refractivity contribution is 5.34. The zero-order valence-electron chi connectivity index (χ0n) is 7.20. The molecule has 0 unspecified atom stereocenters. The van der Waals surface area contributed by atoms with Gasteiger partial charge in [-0.3, -0.25) is 0 Å². The Balaban J connectivity index is 2.35. The Bertz CT molecular complexity index is 296. The van der Waals surface area contributed by atoms with Crippen LogP contribution in [-0.2, 0) is 0 Å². The lowest BCUT2D eigenvalue weighted by molar-refractivity contribution is 0.0162. The van der Waals surface area contributed by atoms with Gasteiger partial charge in [-0.1, -0.05) is 0 Å². The van der Waals surface area contributed by atoms with E-state index in [0.717, 1.165) is 5.75 Å². The molecule has 0 fully saturated rings. The topological polar surface area (TPSA) is 31.4 Å². The van der Waals surface area contributed by atoms with Gasteiger partial charge in [0.2, 0.25) is 0 Å². The van der Waals surface area contributed by atoms with Crippen LogP contribution in [0, 0.1) is 0 Å². The highest BCUT2D eigenvalue weighted by Gasteiger charge is 2.28. The third-order valence-electron chi connectivity index (χ3n) is 1.68. The van der Waals surface area contributed by atoms with Crippen LogP contribution in [0.2, 0.25) is 0 Å². The van der Waals surface area contributed by atoms with Gasteiger partial charge in [0.1, 0.15) is 12.2 Å². The van der Waals surface area contributed by atoms with E-state index >= 15 is 0 Å². The van der Waals surface area contributed by atoms with E-state index in [9.17, 15) is 0 Å². The summed E-state index contributed by atoms with van der Waals surface area (Å²) >= 11 is 0. The number of pyridine rings is 1. The van der Waals surface area contributed by atoms with Crippen LogP contribution in [0.25, 0.3) is 0 Å². The largest absolute Gasteiger partial charge is 0.484 e. The number of hydrogen-bond acceptors (Lipinski definition) is 3. The molecule has 1 aromatic heterocycles. The molecule has 1 aliphatic rings. The molecule has 0 bridgehead atoms. The SMILES string of the molecule is CC1(C)COc2cccnc2O1. The maximum atomic E-state index is 5.58. The van der Waals surface area contributed by atoms with Crippen molar-refractivity contribution in [1.82, 2.24) is 4.98 Å². The smallest absolute Gasteiger partial charge is 0.257 e. The highest BCUT2D eigenvalue weighted by Crippen LogP contribution is 2.31. The summed E-state index contributed by atoms with van der Waals surface area (Å²) < 4.78 is 11.0. The van der Waals surface area contributed by atoms with Crippen LogP contribution in [0.1, 0.15) is 13.8 Å². The van der Waals surface area contributed by atoms with Gasteiger partial charge in [-0.25, -0.2) is 4.98 Å². The first kappa shape index (κ1) is 7.40. The van der Waals surface area contributed by atoms with E-state index in [1.54, 1.807) is 6.20 Å². The molecule has 2 heterocycles. The average Bonchev–Trinajstić information content (AvgIpc) is 2.02. The van der Waals surface area contributed by atoms with Gasteiger partial charge in [0.05, 0.1) is 0 Å². The third-order valence-corrected chi connectivity index (χ3v) is 1.68. The number of aromatic nitrogens is 1. The van der Waals surface area contributed by atoms with Crippen LogP contribution >= 0.6 is 0 Å². The monoisotopic (exact) mass is 165 g/mol. The second kappa shape index (κ2) is 2.37. The van der Waals surface area contributed by atoms with E-state index in [4.69, 9.17) is 9.47 Å². The second-order valence-corrected chi connectivity index (χ2v) is 3.46. The van der Waals surface area contributed by atoms with E-state index < -0.39 is 0 Å².